The maximum absolute atomic E-state index is 13.8. The second kappa shape index (κ2) is 8.45. The summed E-state index contributed by atoms with van der Waals surface area (Å²) in [7, 11) is 0. The summed E-state index contributed by atoms with van der Waals surface area (Å²) in [4.78, 5) is 31.1. The molecule has 2 amide bonds. The van der Waals surface area contributed by atoms with Gasteiger partial charge >= 0.3 is 0 Å². The number of ether oxygens (including phenoxy) is 1. The van der Waals surface area contributed by atoms with Gasteiger partial charge in [0.05, 0.1) is 23.5 Å². The van der Waals surface area contributed by atoms with Gasteiger partial charge in [0.25, 0.3) is 11.8 Å². The highest BCUT2D eigenvalue weighted by atomic mass is 16.5. The number of rotatable bonds is 3. The molecule has 2 aromatic carbocycles. The highest BCUT2D eigenvalue weighted by Gasteiger charge is 2.44. The van der Waals surface area contributed by atoms with Crippen molar-refractivity contribution in [3.8, 4) is 0 Å². The summed E-state index contributed by atoms with van der Waals surface area (Å²) in [5.41, 5.74) is 5.64. The van der Waals surface area contributed by atoms with Crippen molar-refractivity contribution in [3.63, 3.8) is 0 Å². The molecule has 4 rings (SSSR count). The number of nitrogens with zero attached hydrogens (tertiary/aromatic N) is 2. The van der Waals surface area contributed by atoms with Gasteiger partial charge in [0.15, 0.2) is 0 Å². The predicted molar refractivity (Wildman–Crippen MR) is 132 cm³/mol. The van der Waals surface area contributed by atoms with Crippen molar-refractivity contribution in [2.24, 2.45) is 0 Å². The maximum Gasteiger partial charge on any atom is 0.282 e. The van der Waals surface area contributed by atoms with Gasteiger partial charge in [0.1, 0.15) is 5.70 Å². The van der Waals surface area contributed by atoms with E-state index in [1.54, 1.807) is 0 Å². The van der Waals surface area contributed by atoms with Gasteiger partial charge in [-0.1, -0.05) is 56.7 Å². The van der Waals surface area contributed by atoms with E-state index in [1.807, 2.05) is 69.0 Å². The standard InChI is InChI=1S/C28H34N2O3/c1-17-8-13-23(18(2)14-17)24-25(29-15-19(3)33-20(4)16-29)27(32)30(26(24)31)22-11-9-21(10-12-22)28(5,6)7/h8-14,19-20H,15-16H2,1-7H3. The fourth-order valence-corrected chi connectivity index (χ4v) is 4.85. The van der Waals surface area contributed by atoms with Crippen LogP contribution in [0.1, 0.15) is 56.9 Å². The lowest BCUT2D eigenvalue weighted by molar-refractivity contribution is -0.121. The van der Waals surface area contributed by atoms with Crippen LogP contribution in [0.15, 0.2) is 48.2 Å². The van der Waals surface area contributed by atoms with Crippen LogP contribution in [0.5, 0.6) is 0 Å². The lowest BCUT2D eigenvalue weighted by Crippen LogP contribution is -2.47. The zero-order valence-electron chi connectivity index (χ0n) is 20.7. The van der Waals surface area contributed by atoms with E-state index in [1.165, 1.54) is 4.90 Å². The van der Waals surface area contributed by atoms with Crippen LogP contribution in [0.2, 0.25) is 0 Å². The lowest BCUT2D eigenvalue weighted by atomic mass is 9.87. The Bertz CT molecular complexity index is 1110. The van der Waals surface area contributed by atoms with Crippen LogP contribution in [-0.2, 0) is 19.7 Å². The minimum absolute atomic E-state index is 0.00871. The first-order chi connectivity index (χ1) is 15.5. The van der Waals surface area contributed by atoms with E-state index in [2.05, 4.69) is 26.8 Å². The first-order valence-corrected chi connectivity index (χ1v) is 11.7. The quantitative estimate of drug-likeness (QED) is 0.623. The van der Waals surface area contributed by atoms with E-state index < -0.39 is 0 Å². The molecule has 0 radical (unpaired) electrons. The van der Waals surface area contributed by atoms with E-state index in [9.17, 15) is 9.59 Å². The molecule has 2 aromatic rings. The zero-order valence-corrected chi connectivity index (χ0v) is 20.7. The Morgan fingerprint density at radius 1 is 0.879 bits per heavy atom. The maximum atomic E-state index is 13.8. The largest absolute Gasteiger partial charge is 0.372 e. The summed E-state index contributed by atoms with van der Waals surface area (Å²) < 4.78 is 5.90. The Hall–Kier alpha value is -2.92. The minimum Gasteiger partial charge on any atom is -0.372 e. The van der Waals surface area contributed by atoms with Crippen LogP contribution < -0.4 is 4.90 Å². The molecule has 5 nitrogen and oxygen atoms in total. The highest BCUT2D eigenvalue weighted by molar-refractivity contribution is 6.45. The number of aryl methyl sites for hydroxylation is 2. The third-order valence-corrected chi connectivity index (χ3v) is 6.44. The molecule has 5 heteroatoms. The number of carbonyl (C=O) groups excluding carboxylic acids is 2. The Balaban J connectivity index is 1.82. The van der Waals surface area contributed by atoms with Gasteiger partial charge in [-0.15, -0.1) is 0 Å². The van der Waals surface area contributed by atoms with Gasteiger partial charge < -0.3 is 9.64 Å². The molecular weight excluding hydrogens is 412 g/mol. The van der Waals surface area contributed by atoms with Crippen molar-refractivity contribution in [1.82, 2.24) is 4.90 Å². The molecular formula is C28H34N2O3. The number of benzene rings is 2. The number of anilines is 1. The van der Waals surface area contributed by atoms with Crippen LogP contribution in [0.4, 0.5) is 5.69 Å². The van der Waals surface area contributed by atoms with Crippen molar-refractivity contribution < 1.29 is 14.3 Å². The minimum atomic E-state index is -0.266. The second-order valence-electron chi connectivity index (χ2n) is 10.4. The van der Waals surface area contributed by atoms with Crippen LogP contribution >= 0.6 is 0 Å². The van der Waals surface area contributed by atoms with Crippen molar-refractivity contribution in [2.45, 2.75) is 66.1 Å². The average Bonchev–Trinajstić information content (AvgIpc) is 2.97. The summed E-state index contributed by atoms with van der Waals surface area (Å²) in [5, 5.41) is 0. The molecule has 0 aliphatic carbocycles. The van der Waals surface area contributed by atoms with Gasteiger partial charge in [-0.25, -0.2) is 4.90 Å². The third kappa shape index (κ3) is 4.34. The van der Waals surface area contributed by atoms with Crippen molar-refractivity contribution in [1.29, 1.82) is 0 Å². The number of hydrogen-bond acceptors (Lipinski definition) is 4. The van der Waals surface area contributed by atoms with Crippen LogP contribution in [0.3, 0.4) is 0 Å². The zero-order chi connectivity index (χ0) is 24.1. The second-order valence-corrected chi connectivity index (χ2v) is 10.4. The van der Waals surface area contributed by atoms with E-state index in [0.717, 1.165) is 22.3 Å². The fourth-order valence-electron chi connectivity index (χ4n) is 4.85. The highest BCUT2D eigenvalue weighted by Crippen LogP contribution is 2.37. The topological polar surface area (TPSA) is 49.9 Å². The van der Waals surface area contributed by atoms with Crippen molar-refractivity contribution in [2.75, 3.05) is 18.0 Å². The molecule has 2 atom stereocenters. The predicted octanol–water partition coefficient (Wildman–Crippen LogP) is 4.99. The van der Waals surface area contributed by atoms with Gasteiger partial charge in [0.2, 0.25) is 0 Å². The molecule has 1 saturated heterocycles. The van der Waals surface area contributed by atoms with Gasteiger partial charge in [-0.3, -0.25) is 9.59 Å². The third-order valence-electron chi connectivity index (χ3n) is 6.44. The molecule has 174 valence electrons. The Morgan fingerprint density at radius 2 is 1.48 bits per heavy atom. The molecule has 33 heavy (non-hydrogen) atoms. The lowest BCUT2D eigenvalue weighted by Gasteiger charge is -2.37. The molecule has 0 aromatic heterocycles. The SMILES string of the molecule is Cc1ccc(C2=C(N3CC(C)OC(C)C3)C(=O)N(c3ccc(C(C)(C)C)cc3)C2=O)c(C)c1. The smallest absolute Gasteiger partial charge is 0.282 e. The molecule has 0 N–H and O–H groups in total. The Morgan fingerprint density at radius 3 is 2.03 bits per heavy atom. The molecule has 2 aliphatic heterocycles. The molecule has 2 heterocycles. The van der Waals surface area contributed by atoms with E-state index in [0.29, 0.717) is 30.0 Å². The first-order valence-electron chi connectivity index (χ1n) is 11.7. The number of amides is 2. The average molecular weight is 447 g/mol. The van der Waals surface area contributed by atoms with Gasteiger partial charge in [0, 0.05) is 13.1 Å². The van der Waals surface area contributed by atoms with Crippen LogP contribution in [-0.4, -0.2) is 42.0 Å². The summed E-state index contributed by atoms with van der Waals surface area (Å²) in [5.74, 6) is -0.531. The molecule has 2 unspecified atom stereocenters. The summed E-state index contributed by atoms with van der Waals surface area (Å²) in [6, 6.07) is 13.8. The monoisotopic (exact) mass is 446 g/mol. The normalized spacial score (nSPS) is 21.9. The van der Waals surface area contributed by atoms with E-state index in [4.69, 9.17) is 4.74 Å². The van der Waals surface area contributed by atoms with Gasteiger partial charge in [-0.05, 0) is 61.9 Å². The fraction of sp³-hybridized carbons (Fsp3) is 0.429. The van der Waals surface area contributed by atoms with Crippen LogP contribution in [0, 0.1) is 13.8 Å². The van der Waals surface area contributed by atoms with Crippen molar-refractivity contribution in [3.05, 3.63) is 70.4 Å². The summed E-state index contributed by atoms with van der Waals surface area (Å²) in [6.45, 7) is 15.6. The Labute approximate surface area is 197 Å². The molecule has 1 fully saturated rings. The Kier molecular flexibility index (Phi) is 5.95. The molecule has 0 bridgehead atoms. The van der Waals surface area contributed by atoms with Gasteiger partial charge in [-0.2, -0.15) is 0 Å². The number of hydrogen-bond donors (Lipinski definition) is 0. The molecule has 0 spiro atoms. The number of imide groups is 1. The summed E-state index contributed by atoms with van der Waals surface area (Å²) in [6.07, 6.45) is -0.0470. The van der Waals surface area contributed by atoms with Crippen molar-refractivity contribution >= 4 is 23.1 Å². The molecule has 2 aliphatic rings. The van der Waals surface area contributed by atoms with Crippen LogP contribution in [0.25, 0.3) is 5.57 Å². The van der Waals surface area contributed by atoms with E-state index >= 15 is 0 Å². The number of morpholine rings is 1. The van der Waals surface area contributed by atoms with E-state index in [-0.39, 0.29) is 29.4 Å². The number of carbonyl (C=O) groups is 2. The summed E-state index contributed by atoms with van der Waals surface area (Å²) >= 11 is 0. The first kappa shape index (κ1) is 23.2. The molecule has 0 saturated carbocycles.